The predicted molar refractivity (Wildman–Crippen MR) is 97.9 cm³/mol. The number of likely N-dealkylation sites (tertiary alicyclic amines) is 1. The monoisotopic (exact) mass is 374 g/mol. The van der Waals surface area contributed by atoms with Gasteiger partial charge in [0.15, 0.2) is 0 Å². The Bertz CT molecular complexity index is 725. The fourth-order valence-corrected chi connectivity index (χ4v) is 3.93. The van der Waals surface area contributed by atoms with Gasteiger partial charge in [-0.1, -0.05) is 0 Å². The van der Waals surface area contributed by atoms with Crippen LogP contribution in [0.4, 0.5) is 4.79 Å². The zero-order valence-corrected chi connectivity index (χ0v) is 16.1. The molecule has 0 aromatic carbocycles. The van der Waals surface area contributed by atoms with Crippen molar-refractivity contribution in [1.29, 1.82) is 0 Å². The summed E-state index contributed by atoms with van der Waals surface area (Å²) in [7, 11) is 3.42. The fourth-order valence-electron chi connectivity index (χ4n) is 3.93. The maximum Gasteiger partial charge on any atom is 0.319 e. The second-order valence-electron chi connectivity index (χ2n) is 7.50. The molecule has 0 saturated carbocycles. The van der Waals surface area contributed by atoms with Gasteiger partial charge in [-0.25, -0.2) is 9.78 Å². The van der Waals surface area contributed by atoms with Gasteiger partial charge in [0.05, 0.1) is 6.20 Å². The number of carbonyl (C=O) groups excluding carboxylic acids is 3. The van der Waals surface area contributed by atoms with E-state index in [4.69, 9.17) is 0 Å². The van der Waals surface area contributed by atoms with Crippen molar-refractivity contribution in [3.63, 3.8) is 0 Å². The molecule has 2 aliphatic rings. The Hall–Kier alpha value is -2.71. The van der Waals surface area contributed by atoms with Crippen LogP contribution in [0.1, 0.15) is 23.8 Å². The molecule has 3 heterocycles. The van der Waals surface area contributed by atoms with Crippen molar-refractivity contribution in [2.45, 2.75) is 13.3 Å². The second-order valence-corrected chi connectivity index (χ2v) is 7.50. The Balaban J connectivity index is 1.89. The minimum absolute atomic E-state index is 0.0727. The summed E-state index contributed by atoms with van der Waals surface area (Å²) in [6.45, 7) is 4.81. The molecule has 2 aliphatic heterocycles. The lowest BCUT2D eigenvalue weighted by Gasteiger charge is -2.34. The molecule has 3 rings (SSSR count). The first-order valence-corrected chi connectivity index (χ1v) is 9.14. The van der Waals surface area contributed by atoms with Crippen molar-refractivity contribution in [1.82, 2.24) is 29.6 Å². The van der Waals surface area contributed by atoms with E-state index in [1.807, 2.05) is 6.92 Å². The van der Waals surface area contributed by atoms with Gasteiger partial charge in [0.1, 0.15) is 5.69 Å². The van der Waals surface area contributed by atoms with Gasteiger partial charge in [0.25, 0.3) is 5.91 Å². The highest BCUT2D eigenvalue weighted by atomic mass is 16.2. The van der Waals surface area contributed by atoms with Gasteiger partial charge >= 0.3 is 6.03 Å². The average Bonchev–Trinajstić information content (AvgIpc) is 2.86. The van der Waals surface area contributed by atoms with E-state index in [0.717, 1.165) is 0 Å². The molecule has 4 amide bonds. The van der Waals surface area contributed by atoms with Crippen LogP contribution in [0.15, 0.2) is 18.6 Å². The van der Waals surface area contributed by atoms with Gasteiger partial charge in [-0.05, 0) is 6.92 Å². The minimum atomic E-state index is -0.465. The summed E-state index contributed by atoms with van der Waals surface area (Å²) < 4.78 is 0. The summed E-state index contributed by atoms with van der Waals surface area (Å²) in [5.41, 5.74) is -0.190. The summed E-state index contributed by atoms with van der Waals surface area (Å²) in [4.78, 5) is 52.8. The minimum Gasteiger partial charge on any atom is -0.342 e. The van der Waals surface area contributed by atoms with Crippen molar-refractivity contribution in [2.75, 3.05) is 53.4 Å². The van der Waals surface area contributed by atoms with Crippen LogP contribution in [0.5, 0.6) is 0 Å². The van der Waals surface area contributed by atoms with Gasteiger partial charge < -0.3 is 19.6 Å². The Morgan fingerprint density at radius 1 is 1.15 bits per heavy atom. The van der Waals surface area contributed by atoms with Crippen LogP contribution in [0.3, 0.4) is 0 Å². The Morgan fingerprint density at radius 2 is 1.85 bits per heavy atom. The lowest BCUT2D eigenvalue weighted by molar-refractivity contribution is -0.127. The van der Waals surface area contributed by atoms with Crippen LogP contribution < -0.4 is 0 Å². The third-order valence-electron chi connectivity index (χ3n) is 5.20. The van der Waals surface area contributed by atoms with Crippen molar-refractivity contribution in [3.05, 3.63) is 24.3 Å². The average molecular weight is 374 g/mol. The molecule has 0 radical (unpaired) electrons. The van der Waals surface area contributed by atoms with Crippen LogP contribution in [0.2, 0.25) is 0 Å². The molecular formula is C18H26N6O3. The highest BCUT2D eigenvalue weighted by Gasteiger charge is 2.48. The van der Waals surface area contributed by atoms with Crippen molar-refractivity contribution >= 4 is 17.8 Å². The zero-order valence-electron chi connectivity index (χ0n) is 16.1. The van der Waals surface area contributed by atoms with Gasteiger partial charge in [0.2, 0.25) is 5.91 Å². The highest BCUT2D eigenvalue weighted by molar-refractivity contribution is 5.92. The van der Waals surface area contributed by atoms with E-state index in [0.29, 0.717) is 45.7 Å². The number of carbonyl (C=O) groups is 3. The van der Waals surface area contributed by atoms with Gasteiger partial charge in [-0.15, -0.1) is 0 Å². The zero-order chi connectivity index (χ0) is 19.6. The smallest absolute Gasteiger partial charge is 0.319 e. The molecule has 146 valence electrons. The molecule has 1 aromatic rings. The maximum atomic E-state index is 12.9. The molecule has 0 N–H and O–H groups in total. The molecule has 1 atom stereocenters. The number of amides is 4. The van der Waals surface area contributed by atoms with E-state index in [9.17, 15) is 14.4 Å². The lowest BCUT2D eigenvalue weighted by Crippen LogP contribution is -2.47. The Labute approximate surface area is 158 Å². The number of urea groups is 1. The molecular weight excluding hydrogens is 348 g/mol. The number of rotatable bonds is 2. The molecule has 0 aliphatic carbocycles. The van der Waals surface area contributed by atoms with Crippen LogP contribution in [0.25, 0.3) is 0 Å². The summed E-state index contributed by atoms with van der Waals surface area (Å²) in [6, 6.07) is -0.106. The Kier molecular flexibility index (Phi) is 5.29. The Morgan fingerprint density at radius 3 is 2.44 bits per heavy atom. The predicted octanol–water partition coefficient (Wildman–Crippen LogP) is 0.155. The largest absolute Gasteiger partial charge is 0.342 e. The molecule has 2 saturated heterocycles. The second kappa shape index (κ2) is 7.50. The van der Waals surface area contributed by atoms with Crippen LogP contribution in [-0.2, 0) is 4.79 Å². The van der Waals surface area contributed by atoms with E-state index in [2.05, 4.69) is 9.97 Å². The van der Waals surface area contributed by atoms with E-state index in [-0.39, 0.29) is 23.5 Å². The molecule has 1 aromatic heterocycles. The molecule has 2 fully saturated rings. The van der Waals surface area contributed by atoms with Crippen molar-refractivity contribution < 1.29 is 14.4 Å². The number of hydrogen-bond acceptors (Lipinski definition) is 5. The summed E-state index contributed by atoms with van der Waals surface area (Å²) in [5.74, 6) is -0.146. The standard InChI is InChI=1S/C18H26N6O3/c1-4-22-11-18(9-15(22)25)12-23(16(26)14-10-19-5-6-20-14)7-8-24(13-18)17(27)21(2)3/h5-6,10H,4,7-9,11-13H2,1-3H3/t18-/m0/s1. The third kappa shape index (κ3) is 3.86. The number of hydrogen-bond donors (Lipinski definition) is 0. The first kappa shape index (κ1) is 19.1. The normalized spacial score (nSPS) is 22.9. The molecule has 0 unspecified atom stereocenters. The molecule has 1 spiro atoms. The maximum absolute atomic E-state index is 12.9. The van der Waals surface area contributed by atoms with E-state index >= 15 is 0 Å². The van der Waals surface area contributed by atoms with Gasteiger partial charge in [-0.3, -0.25) is 14.6 Å². The molecule has 0 bridgehead atoms. The SMILES string of the molecule is CCN1C[C@@]2(CC1=O)CN(C(=O)c1cnccn1)CCN(C(=O)N(C)C)C2. The van der Waals surface area contributed by atoms with Crippen LogP contribution in [0, 0.1) is 5.41 Å². The number of nitrogens with zero attached hydrogens (tertiary/aromatic N) is 6. The third-order valence-corrected chi connectivity index (χ3v) is 5.20. The van der Waals surface area contributed by atoms with E-state index in [1.165, 1.54) is 23.5 Å². The van der Waals surface area contributed by atoms with Crippen LogP contribution >= 0.6 is 0 Å². The lowest BCUT2D eigenvalue weighted by atomic mass is 9.86. The van der Waals surface area contributed by atoms with E-state index in [1.54, 1.807) is 28.8 Å². The molecule has 9 heteroatoms. The molecule has 27 heavy (non-hydrogen) atoms. The van der Waals surface area contributed by atoms with Crippen LogP contribution in [-0.4, -0.2) is 101 Å². The fraction of sp³-hybridized carbons (Fsp3) is 0.611. The summed E-state index contributed by atoms with van der Waals surface area (Å²) in [5, 5.41) is 0. The topological polar surface area (TPSA) is 90.0 Å². The highest BCUT2D eigenvalue weighted by Crippen LogP contribution is 2.35. The van der Waals surface area contributed by atoms with Gasteiger partial charge in [0, 0.05) is 77.6 Å². The first-order chi connectivity index (χ1) is 12.8. The number of aromatic nitrogens is 2. The quantitative estimate of drug-likeness (QED) is 0.735. The van der Waals surface area contributed by atoms with Gasteiger partial charge in [-0.2, -0.15) is 0 Å². The van der Waals surface area contributed by atoms with E-state index < -0.39 is 5.41 Å². The first-order valence-electron chi connectivity index (χ1n) is 9.14. The summed E-state index contributed by atoms with van der Waals surface area (Å²) in [6.07, 6.45) is 4.79. The molecule has 9 nitrogen and oxygen atoms in total. The summed E-state index contributed by atoms with van der Waals surface area (Å²) >= 11 is 0. The van der Waals surface area contributed by atoms with Crippen molar-refractivity contribution in [2.24, 2.45) is 5.41 Å². The van der Waals surface area contributed by atoms with Crippen molar-refractivity contribution in [3.8, 4) is 0 Å².